The van der Waals surface area contributed by atoms with E-state index in [-0.39, 0.29) is 17.3 Å². The van der Waals surface area contributed by atoms with Gasteiger partial charge in [-0.2, -0.15) is 0 Å². The maximum atomic E-state index is 12.4. The number of methoxy groups -OCH3 is 1. The van der Waals surface area contributed by atoms with Gasteiger partial charge < -0.3 is 14.6 Å². The Morgan fingerprint density at radius 3 is 2.67 bits per heavy atom. The van der Waals surface area contributed by atoms with Gasteiger partial charge in [0.25, 0.3) is 5.56 Å². The molecule has 0 aliphatic rings. The monoisotopic (exact) mass is 446 g/mol. The standard InChI is InChI=1S/C18H18N6O4S2/c1-22-13-14(23(2)18(27)24(3)15(13)26)21-17(22)29-8-12(25)20-16-19-10-6-5-9(28-4)7-11(10)30-16/h5-7H,8H2,1-4H3,(H,19,20,25). The smallest absolute Gasteiger partial charge is 0.332 e. The molecule has 0 bridgehead atoms. The number of nitrogens with one attached hydrogen (secondary N) is 1. The van der Waals surface area contributed by atoms with Gasteiger partial charge in [-0.05, 0) is 18.2 Å². The van der Waals surface area contributed by atoms with E-state index in [0.717, 1.165) is 20.5 Å². The second-order valence-electron chi connectivity index (χ2n) is 6.52. The molecule has 4 rings (SSSR count). The Balaban J connectivity index is 1.53. The van der Waals surface area contributed by atoms with Crippen molar-refractivity contribution in [3.63, 3.8) is 0 Å². The highest BCUT2D eigenvalue weighted by atomic mass is 32.2. The number of thiazole rings is 1. The number of nitrogens with zero attached hydrogens (tertiary/aromatic N) is 5. The first-order valence-corrected chi connectivity index (χ1v) is 10.6. The molecule has 0 aliphatic heterocycles. The summed E-state index contributed by atoms with van der Waals surface area (Å²) in [6.45, 7) is 0. The first-order chi connectivity index (χ1) is 14.3. The van der Waals surface area contributed by atoms with Crippen LogP contribution in [0.25, 0.3) is 21.4 Å². The molecule has 156 valence electrons. The second kappa shape index (κ2) is 7.61. The Labute approximate surface area is 178 Å². The van der Waals surface area contributed by atoms with Gasteiger partial charge in [0, 0.05) is 21.1 Å². The predicted molar refractivity (Wildman–Crippen MR) is 117 cm³/mol. The van der Waals surface area contributed by atoms with Gasteiger partial charge >= 0.3 is 5.69 Å². The molecule has 0 radical (unpaired) electrons. The van der Waals surface area contributed by atoms with Crippen LogP contribution in [0.1, 0.15) is 0 Å². The van der Waals surface area contributed by atoms with Crippen molar-refractivity contribution in [2.45, 2.75) is 5.16 Å². The molecule has 0 atom stereocenters. The zero-order valence-corrected chi connectivity index (χ0v) is 18.3. The Morgan fingerprint density at radius 1 is 1.17 bits per heavy atom. The van der Waals surface area contributed by atoms with Gasteiger partial charge in [0.05, 0.1) is 23.1 Å². The minimum Gasteiger partial charge on any atom is -0.497 e. The third-order valence-electron chi connectivity index (χ3n) is 4.61. The van der Waals surface area contributed by atoms with E-state index in [1.165, 1.54) is 34.7 Å². The Bertz CT molecular complexity index is 1410. The van der Waals surface area contributed by atoms with Crippen LogP contribution in [0.2, 0.25) is 0 Å². The summed E-state index contributed by atoms with van der Waals surface area (Å²) in [6.07, 6.45) is 0. The lowest BCUT2D eigenvalue weighted by atomic mass is 10.3. The van der Waals surface area contributed by atoms with E-state index < -0.39 is 11.2 Å². The lowest BCUT2D eigenvalue weighted by molar-refractivity contribution is -0.113. The lowest BCUT2D eigenvalue weighted by Crippen LogP contribution is -2.37. The Kier molecular flexibility index (Phi) is 5.12. The molecule has 30 heavy (non-hydrogen) atoms. The largest absolute Gasteiger partial charge is 0.497 e. The number of carbonyl (C=O) groups excluding carboxylic acids is 1. The van der Waals surface area contributed by atoms with Crippen LogP contribution in [0.3, 0.4) is 0 Å². The summed E-state index contributed by atoms with van der Waals surface area (Å²) in [5.74, 6) is 0.548. The fourth-order valence-corrected chi connectivity index (χ4v) is 4.68. The van der Waals surface area contributed by atoms with E-state index in [9.17, 15) is 14.4 Å². The summed E-state index contributed by atoms with van der Waals surface area (Å²) in [7, 11) is 6.25. The van der Waals surface area contributed by atoms with Crippen molar-refractivity contribution in [3.05, 3.63) is 39.0 Å². The molecular formula is C18H18N6O4S2. The van der Waals surface area contributed by atoms with E-state index in [2.05, 4.69) is 15.3 Å². The van der Waals surface area contributed by atoms with Crippen molar-refractivity contribution >= 4 is 55.5 Å². The molecule has 1 N–H and O–H groups in total. The number of carbonyl (C=O) groups is 1. The lowest BCUT2D eigenvalue weighted by Gasteiger charge is -2.03. The summed E-state index contributed by atoms with van der Waals surface area (Å²) in [6, 6.07) is 5.51. The topological polar surface area (TPSA) is 113 Å². The highest BCUT2D eigenvalue weighted by Crippen LogP contribution is 2.29. The third-order valence-corrected chi connectivity index (χ3v) is 6.57. The molecular weight excluding hydrogens is 428 g/mol. The molecule has 0 saturated carbocycles. The number of hydrogen-bond acceptors (Lipinski definition) is 8. The van der Waals surface area contributed by atoms with Gasteiger partial charge in [0.1, 0.15) is 5.75 Å². The van der Waals surface area contributed by atoms with Crippen molar-refractivity contribution in [1.82, 2.24) is 23.7 Å². The zero-order valence-electron chi connectivity index (χ0n) is 16.6. The van der Waals surface area contributed by atoms with Crippen LogP contribution < -0.4 is 21.3 Å². The minimum absolute atomic E-state index is 0.0741. The SMILES string of the molecule is COc1ccc2nc(NC(=O)CSc3nc4c(c(=O)n(C)c(=O)n4C)n3C)sc2c1. The molecule has 0 saturated heterocycles. The average molecular weight is 447 g/mol. The van der Waals surface area contributed by atoms with Gasteiger partial charge in [-0.1, -0.05) is 23.1 Å². The van der Waals surface area contributed by atoms with E-state index in [1.807, 2.05) is 18.2 Å². The molecule has 4 aromatic rings. The summed E-state index contributed by atoms with van der Waals surface area (Å²) in [4.78, 5) is 45.7. The van der Waals surface area contributed by atoms with Gasteiger partial charge in [0.2, 0.25) is 5.91 Å². The molecule has 10 nitrogen and oxygen atoms in total. The molecule has 0 fully saturated rings. The molecule has 1 amide bonds. The first kappa shape index (κ1) is 20.2. The number of aryl methyl sites for hydroxylation is 2. The van der Waals surface area contributed by atoms with E-state index in [4.69, 9.17) is 4.74 Å². The molecule has 3 heterocycles. The number of fused-ring (bicyclic) bond motifs is 2. The predicted octanol–water partition coefficient (Wildman–Crippen LogP) is 1.32. The number of amides is 1. The number of imidazole rings is 1. The van der Waals surface area contributed by atoms with Crippen LogP contribution in [0.5, 0.6) is 5.75 Å². The van der Waals surface area contributed by atoms with Crippen molar-refractivity contribution in [2.75, 3.05) is 18.2 Å². The van der Waals surface area contributed by atoms with Crippen LogP contribution in [-0.2, 0) is 25.9 Å². The van der Waals surface area contributed by atoms with E-state index in [1.54, 1.807) is 25.8 Å². The highest BCUT2D eigenvalue weighted by Gasteiger charge is 2.18. The average Bonchev–Trinajstić information content (AvgIpc) is 3.28. The maximum absolute atomic E-state index is 12.4. The number of rotatable bonds is 5. The van der Waals surface area contributed by atoms with E-state index >= 15 is 0 Å². The summed E-state index contributed by atoms with van der Waals surface area (Å²) in [5, 5.41) is 3.74. The molecule has 0 aliphatic carbocycles. The summed E-state index contributed by atoms with van der Waals surface area (Å²) in [5.41, 5.74) is 0.490. The van der Waals surface area contributed by atoms with Gasteiger partial charge in [0.15, 0.2) is 21.5 Å². The fraction of sp³-hybridized carbons (Fsp3) is 0.278. The minimum atomic E-state index is -0.452. The van der Waals surface area contributed by atoms with Crippen LogP contribution in [0.15, 0.2) is 32.9 Å². The van der Waals surface area contributed by atoms with Crippen molar-refractivity contribution < 1.29 is 9.53 Å². The van der Waals surface area contributed by atoms with Crippen LogP contribution >= 0.6 is 23.1 Å². The molecule has 1 aromatic carbocycles. The Morgan fingerprint density at radius 2 is 1.93 bits per heavy atom. The fourth-order valence-electron chi connectivity index (χ4n) is 3.00. The van der Waals surface area contributed by atoms with Crippen LogP contribution in [0, 0.1) is 0 Å². The number of anilines is 1. The quantitative estimate of drug-likeness (QED) is 0.460. The van der Waals surface area contributed by atoms with Crippen molar-refractivity contribution in [3.8, 4) is 5.75 Å². The molecule has 0 unspecified atom stereocenters. The second-order valence-corrected chi connectivity index (χ2v) is 8.49. The molecule has 3 aromatic heterocycles. The first-order valence-electron chi connectivity index (χ1n) is 8.80. The molecule has 0 spiro atoms. The molecule has 12 heteroatoms. The summed E-state index contributed by atoms with van der Waals surface area (Å²) >= 11 is 2.53. The van der Waals surface area contributed by atoms with Crippen LogP contribution in [0.4, 0.5) is 5.13 Å². The third kappa shape index (κ3) is 3.37. The number of aromatic nitrogens is 5. The normalized spacial score (nSPS) is 11.3. The summed E-state index contributed by atoms with van der Waals surface area (Å²) < 4.78 is 10.1. The zero-order chi connectivity index (χ0) is 21.6. The van der Waals surface area contributed by atoms with Crippen molar-refractivity contribution in [2.24, 2.45) is 21.1 Å². The maximum Gasteiger partial charge on any atom is 0.332 e. The van der Waals surface area contributed by atoms with Gasteiger partial charge in [-0.3, -0.25) is 18.7 Å². The highest BCUT2D eigenvalue weighted by molar-refractivity contribution is 7.99. The van der Waals surface area contributed by atoms with Crippen molar-refractivity contribution in [1.29, 1.82) is 0 Å². The Hall–Kier alpha value is -3.12. The van der Waals surface area contributed by atoms with Gasteiger partial charge in [-0.15, -0.1) is 0 Å². The van der Waals surface area contributed by atoms with Crippen LogP contribution in [-0.4, -0.2) is 42.4 Å². The number of ether oxygens (including phenoxy) is 1. The number of hydrogen-bond donors (Lipinski definition) is 1. The number of benzene rings is 1. The van der Waals surface area contributed by atoms with E-state index in [0.29, 0.717) is 15.8 Å². The number of thioether (sulfide) groups is 1. The van der Waals surface area contributed by atoms with Gasteiger partial charge in [-0.25, -0.2) is 14.8 Å².